The zero-order valence-electron chi connectivity index (χ0n) is 12.2. The quantitative estimate of drug-likeness (QED) is 0.741. The molecule has 0 spiro atoms. The Hall–Kier alpha value is -0.340. The molecule has 1 rings (SSSR count). The van der Waals surface area contributed by atoms with Crippen molar-refractivity contribution in [2.45, 2.75) is 59.2 Å². The van der Waals surface area contributed by atoms with Crippen molar-refractivity contribution in [1.82, 2.24) is 10.2 Å². The molecule has 2 heteroatoms. The summed E-state index contributed by atoms with van der Waals surface area (Å²) in [6, 6.07) is 1.76. The second kappa shape index (κ2) is 6.55. The van der Waals surface area contributed by atoms with Crippen LogP contribution in [0.3, 0.4) is 0 Å². The maximum absolute atomic E-state index is 3.96. The molecule has 0 aromatic rings. The Kier molecular flexibility index (Phi) is 5.68. The molecule has 1 aliphatic heterocycles. The lowest BCUT2D eigenvalue weighted by Gasteiger charge is -2.46. The van der Waals surface area contributed by atoms with E-state index >= 15 is 0 Å². The van der Waals surface area contributed by atoms with E-state index in [1.807, 2.05) is 0 Å². The predicted octanol–water partition coefficient (Wildman–Crippen LogP) is 2.91. The highest BCUT2D eigenvalue weighted by molar-refractivity contribution is 4.96. The number of hydrogen-bond acceptors (Lipinski definition) is 2. The number of nitrogens with one attached hydrogen (secondary N) is 1. The van der Waals surface area contributed by atoms with Gasteiger partial charge in [-0.1, -0.05) is 40.2 Å². The van der Waals surface area contributed by atoms with E-state index in [2.05, 4.69) is 57.5 Å². The van der Waals surface area contributed by atoms with Crippen LogP contribution >= 0.6 is 0 Å². The Balaban J connectivity index is 2.72. The summed E-state index contributed by atoms with van der Waals surface area (Å²) in [6.45, 7) is 17.8. The van der Waals surface area contributed by atoms with Crippen LogP contribution < -0.4 is 5.32 Å². The summed E-state index contributed by atoms with van der Waals surface area (Å²) in [5.41, 5.74) is 0. The van der Waals surface area contributed by atoms with E-state index in [-0.39, 0.29) is 0 Å². The molecule has 0 aliphatic carbocycles. The van der Waals surface area contributed by atoms with E-state index in [1.54, 1.807) is 0 Å². The van der Waals surface area contributed by atoms with Gasteiger partial charge in [-0.25, -0.2) is 0 Å². The summed E-state index contributed by atoms with van der Waals surface area (Å²) in [5.74, 6) is 1.45. The monoisotopic (exact) mass is 238 g/mol. The summed E-state index contributed by atoms with van der Waals surface area (Å²) in [7, 11) is 0. The highest BCUT2D eigenvalue weighted by atomic mass is 15.3. The van der Waals surface area contributed by atoms with Crippen LogP contribution in [0.15, 0.2) is 12.7 Å². The molecule has 100 valence electrons. The third-order valence-electron chi connectivity index (χ3n) is 4.39. The molecule has 2 nitrogen and oxygen atoms in total. The molecule has 0 aromatic carbocycles. The fourth-order valence-corrected chi connectivity index (χ4v) is 2.70. The van der Waals surface area contributed by atoms with E-state index in [0.717, 1.165) is 19.0 Å². The Morgan fingerprint density at radius 3 is 2.47 bits per heavy atom. The first-order valence-corrected chi connectivity index (χ1v) is 7.12. The first-order valence-electron chi connectivity index (χ1n) is 7.12. The summed E-state index contributed by atoms with van der Waals surface area (Å²) < 4.78 is 0. The molecule has 1 heterocycles. The van der Waals surface area contributed by atoms with E-state index in [0.29, 0.717) is 24.0 Å². The van der Waals surface area contributed by atoms with Gasteiger partial charge in [-0.15, -0.1) is 6.58 Å². The molecule has 17 heavy (non-hydrogen) atoms. The van der Waals surface area contributed by atoms with Gasteiger partial charge in [0.05, 0.1) is 0 Å². The molecule has 4 unspecified atom stereocenters. The molecule has 0 aromatic heterocycles. The van der Waals surface area contributed by atoms with Crippen molar-refractivity contribution in [3.63, 3.8) is 0 Å². The standard InChI is InChI=1S/C15H30N2/c1-7-12(5)14-10-17(13(6)8-2)15(9-16-14)11(3)4/h8,11-16H,2,7,9-10H2,1,3-6H3. The lowest BCUT2D eigenvalue weighted by atomic mass is 9.91. The SMILES string of the molecule is C=CC(C)N1CC(C(C)CC)NCC1C(C)C. The maximum Gasteiger partial charge on any atom is 0.0251 e. The Bertz CT molecular complexity index is 237. The highest BCUT2D eigenvalue weighted by Crippen LogP contribution is 2.22. The van der Waals surface area contributed by atoms with E-state index < -0.39 is 0 Å². The number of hydrogen-bond donors (Lipinski definition) is 1. The molecular weight excluding hydrogens is 208 g/mol. The van der Waals surface area contributed by atoms with Crippen LogP contribution in [-0.4, -0.2) is 36.1 Å². The number of piperazine rings is 1. The van der Waals surface area contributed by atoms with Gasteiger partial charge in [0, 0.05) is 31.2 Å². The van der Waals surface area contributed by atoms with Gasteiger partial charge >= 0.3 is 0 Å². The molecule has 0 saturated carbocycles. The van der Waals surface area contributed by atoms with Crippen LogP contribution in [0.1, 0.15) is 41.0 Å². The van der Waals surface area contributed by atoms with Crippen LogP contribution in [0, 0.1) is 11.8 Å². The van der Waals surface area contributed by atoms with E-state index in [4.69, 9.17) is 0 Å². The molecular formula is C15H30N2. The smallest absolute Gasteiger partial charge is 0.0251 e. The minimum Gasteiger partial charge on any atom is -0.311 e. The van der Waals surface area contributed by atoms with Crippen LogP contribution in [0.2, 0.25) is 0 Å². The summed E-state index contributed by atoms with van der Waals surface area (Å²) in [6.07, 6.45) is 3.33. The fourth-order valence-electron chi connectivity index (χ4n) is 2.70. The molecule has 1 fully saturated rings. The van der Waals surface area contributed by atoms with Crippen molar-refractivity contribution >= 4 is 0 Å². The third-order valence-corrected chi connectivity index (χ3v) is 4.39. The average Bonchev–Trinajstić information content (AvgIpc) is 2.35. The molecule has 1 N–H and O–H groups in total. The van der Waals surface area contributed by atoms with Crippen molar-refractivity contribution in [2.24, 2.45) is 11.8 Å². The zero-order chi connectivity index (χ0) is 13.0. The normalized spacial score (nSPS) is 30.2. The summed E-state index contributed by atoms with van der Waals surface area (Å²) in [4.78, 5) is 2.63. The molecule has 4 atom stereocenters. The average molecular weight is 238 g/mol. The lowest BCUT2D eigenvalue weighted by Crippen LogP contribution is -2.61. The van der Waals surface area contributed by atoms with Gasteiger partial charge in [0.15, 0.2) is 0 Å². The summed E-state index contributed by atoms with van der Waals surface area (Å²) >= 11 is 0. The van der Waals surface area contributed by atoms with Gasteiger partial charge in [-0.3, -0.25) is 4.90 Å². The van der Waals surface area contributed by atoms with Crippen LogP contribution in [-0.2, 0) is 0 Å². The van der Waals surface area contributed by atoms with Gasteiger partial charge in [0.2, 0.25) is 0 Å². The molecule has 1 aliphatic rings. The van der Waals surface area contributed by atoms with Crippen LogP contribution in [0.25, 0.3) is 0 Å². The Morgan fingerprint density at radius 1 is 1.35 bits per heavy atom. The molecule has 0 amide bonds. The van der Waals surface area contributed by atoms with Gasteiger partial charge in [-0.2, -0.15) is 0 Å². The van der Waals surface area contributed by atoms with Crippen molar-refractivity contribution in [3.05, 3.63) is 12.7 Å². The van der Waals surface area contributed by atoms with Crippen molar-refractivity contribution in [1.29, 1.82) is 0 Å². The van der Waals surface area contributed by atoms with Crippen molar-refractivity contribution < 1.29 is 0 Å². The zero-order valence-corrected chi connectivity index (χ0v) is 12.2. The molecule has 0 bridgehead atoms. The van der Waals surface area contributed by atoms with Crippen LogP contribution in [0.4, 0.5) is 0 Å². The number of nitrogens with zero attached hydrogens (tertiary/aromatic N) is 1. The first kappa shape index (κ1) is 14.7. The van der Waals surface area contributed by atoms with Crippen molar-refractivity contribution in [3.8, 4) is 0 Å². The largest absolute Gasteiger partial charge is 0.311 e. The summed E-state index contributed by atoms with van der Waals surface area (Å²) in [5, 5.41) is 3.73. The first-order chi connectivity index (χ1) is 8.01. The molecule has 0 radical (unpaired) electrons. The third kappa shape index (κ3) is 3.56. The van der Waals surface area contributed by atoms with E-state index in [9.17, 15) is 0 Å². The van der Waals surface area contributed by atoms with Crippen LogP contribution in [0.5, 0.6) is 0 Å². The predicted molar refractivity (Wildman–Crippen MR) is 76.2 cm³/mol. The highest BCUT2D eigenvalue weighted by Gasteiger charge is 2.33. The maximum atomic E-state index is 3.96. The van der Waals surface area contributed by atoms with E-state index in [1.165, 1.54) is 6.42 Å². The van der Waals surface area contributed by atoms with Gasteiger partial charge < -0.3 is 5.32 Å². The Morgan fingerprint density at radius 2 is 2.00 bits per heavy atom. The Labute approximate surface area is 107 Å². The fraction of sp³-hybridized carbons (Fsp3) is 0.867. The van der Waals surface area contributed by atoms with Gasteiger partial charge in [0.25, 0.3) is 0 Å². The van der Waals surface area contributed by atoms with Gasteiger partial charge in [0.1, 0.15) is 0 Å². The lowest BCUT2D eigenvalue weighted by molar-refractivity contribution is 0.0648. The molecule has 1 saturated heterocycles. The minimum absolute atomic E-state index is 0.482. The second-order valence-corrected chi connectivity index (χ2v) is 5.88. The topological polar surface area (TPSA) is 15.3 Å². The second-order valence-electron chi connectivity index (χ2n) is 5.88. The minimum atomic E-state index is 0.482. The van der Waals surface area contributed by atoms with Gasteiger partial charge in [-0.05, 0) is 18.8 Å². The number of rotatable bonds is 5. The van der Waals surface area contributed by atoms with Crippen molar-refractivity contribution in [2.75, 3.05) is 13.1 Å².